The lowest BCUT2D eigenvalue weighted by Crippen LogP contribution is -2.24. The molecule has 2 aromatic heterocycles. The Morgan fingerprint density at radius 1 is 1.35 bits per heavy atom. The Balaban J connectivity index is 1.61. The molecule has 0 aliphatic carbocycles. The fourth-order valence-electron chi connectivity index (χ4n) is 3.28. The quantitative estimate of drug-likeness (QED) is 0.763. The molecule has 0 bridgehead atoms. The van der Waals surface area contributed by atoms with E-state index in [1.165, 1.54) is 0 Å². The van der Waals surface area contributed by atoms with Crippen molar-refractivity contribution in [2.45, 2.75) is 19.1 Å². The van der Waals surface area contributed by atoms with Crippen molar-refractivity contribution < 1.29 is 19.1 Å². The highest BCUT2D eigenvalue weighted by Crippen LogP contribution is 2.33. The van der Waals surface area contributed by atoms with Crippen LogP contribution in [-0.2, 0) is 11.4 Å². The standard InChI is InChI=1S/C19H19N3O4/c1-25-15-4-2-3-13(9-15)22-11-14(10-18(22)24)21-8-7-20-19(21)17-6-5-16(12-23)26-17/h2-9,14,23H,10-12H2,1H3/t14-/m0/s1. The van der Waals surface area contributed by atoms with Gasteiger partial charge in [-0.15, -0.1) is 0 Å². The van der Waals surface area contributed by atoms with Crippen LogP contribution in [0.3, 0.4) is 0 Å². The van der Waals surface area contributed by atoms with Gasteiger partial charge in [-0.25, -0.2) is 4.98 Å². The Morgan fingerprint density at radius 3 is 3.00 bits per heavy atom. The van der Waals surface area contributed by atoms with Gasteiger partial charge < -0.3 is 23.7 Å². The summed E-state index contributed by atoms with van der Waals surface area (Å²) >= 11 is 0. The van der Waals surface area contributed by atoms with E-state index >= 15 is 0 Å². The van der Waals surface area contributed by atoms with E-state index in [-0.39, 0.29) is 18.6 Å². The average Bonchev–Trinajstić information content (AvgIpc) is 3.40. The van der Waals surface area contributed by atoms with Crippen LogP contribution in [0.5, 0.6) is 5.75 Å². The summed E-state index contributed by atoms with van der Waals surface area (Å²) in [5.74, 6) is 2.48. The minimum absolute atomic E-state index is 0.0473. The smallest absolute Gasteiger partial charge is 0.229 e. The molecule has 3 aromatic rings. The van der Waals surface area contributed by atoms with E-state index in [1.807, 2.05) is 35.0 Å². The van der Waals surface area contributed by atoms with Crippen molar-refractivity contribution in [2.75, 3.05) is 18.6 Å². The number of benzene rings is 1. The van der Waals surface area contributed by atoms with Gasteiger partial charge in [0.05, 0.1) is 13.2 Å². The van der Waals surface area contributed by atoms with Crippen LogP contribution in [0.15, 0.2) is 53.2 Å². The first-order valence-corrected chi connectivity index (χ1v) is 8.37. The van der Waals surface area contributed by atoms with Crippen LogP contribution in [-0.4, -0.2) is 34.2 Å². The molecule has 1 amide bonds. The van der Waals surface area contributed by atoms with Gasteiger partial charge >= 0.3 is 0 Å². The molecule has 0 saturated carbocycles. The summed E-state index contributed by atoms with van der Waals surface area (Å²) in [6, 6.07) is 10.9. The minimum Gasteiger partial charge on any atom is -0.497 e. The second kappa shape index (κ2) is 6.68. The van der Waals surface area contributed by atoms with Crippen molar-refractivity contribution >= 4 is 11.6 Å². The highest BCUT2D eigenvalue weighted by molar-refractivity contribution is 5.96. The molecule has 1 atom stereocenters. The molecule has 7 heteroatoms. The fourth-order valence-corrected chi connectivity index (χ4v) is 3.28. The van der Waals surface area contributed by atoms with Crippen LogP contribution in [0.2, 0.25) is 0 Å². The molecule has 1 N–H and O–H groups in total. The maximum Gasteiger partial charge on any atom is 0.229 e. The largest absolute Gasteiger partial charge is 0.497 e. The summed E-state index contributed by atoms with van der Waals surface area (Å²) in [4.78, 5) is 18.7. The SMILES string of the molecule is COc1cccc(N2C[C@@H](n3ccnc3-c3ccc(CO)o3)CC2=O)c1. The highest BCUT2D eigenvalue weighted by Gasteiger charge is 2.33. The monoisotopic (exact) mass is 353 g/mol. The van der Waals surface area contributed by atoms with Gasteiger partial charge in [-0.3, -0.25) is 4.79 Å². The minimum atomic E-state index is -0.160. The van der Waals surface area contributed by atoms with E-state index in [0.717, 1.165) is 5.69 Å². The molecule has 134 valence electrons. The lowest BCUT2D eigenvalue weighted by Gasteiger charge is -2.18. The maximum absolute atomic E-state index is 12.6. The van der Waals surface area contributed by atoms with Crippen molar-refractivity contribution in [2.24, 2.45) is 0 Å². The first-order valence-electron chi connectivity index (χ1n) is 8.37. The van der Waals surface area contributed by atoms with Crippen LogP contribution in [0.25, 0.3) is 11.6 Å². The van der Waals surface area contributed by atoms with Crippen LogP contribution >= 0.6 is 0 Å². The van der Waals surface area contributed by atoms with Gasteiger partial charge in [0.15, 0.2) is 11.6 Å². The zero-order valence-electron chi connectivity index (χ0n) is 14.3. The van der Waals surface area contributed by atoms with E-state index in [0.29, 0.717) is 36.1 Å². The van der Waals surface area contributed by atoms with Gasteiger partial charge in [0.1, 0.15) is 18.1 Å². The van der Waals surface area contributed by atoms with Crippen LogP contribution < -0.4 is 9.64 Å². The third-order valence-corrected chi connectivity index (χ3v) is 4.57. The van der Waals surface area contributed by atoms with Crippen molar-refractivity contribution in [1.29, 1.82) is 0 Å². The number of hydrogen-bond donors (Lipinski definition) is 1. The number of amides is 1. The molecule has 1 fully saturated rings. The summed E-state index contributed by atoms with van der Waals surface area (Å²) in [5, 5.41) is 9.19. The summed E-state index contributed by atoms with van der Waals surface area (Å²) in [5.41, 5.74) is 0.819. The number of aromatic nitrogens is 2. The molecule has 0 radical (unpaired) electrons. The number of aliphatic hydroxyl groups is 1. The molecule has 1 aromatic carbocycles. The lowest BCUT2D eigenvalue weighted by atomic mass is 10.2. The molecule has 3 heterocycles. The van der Waals surface area contributed by atoms with E-state index in [2.05, 4.69) is 4.98 Å². The van der Waals surface area contributed by atoms with Gasteiger partial charge in [0.2, 0.25) is 5.91 Å². The Hall–Kier alpha value is -3.06. The molecule has 0 spiro atoms. The number of hydrogen-bond acceptors (Lipinski definition) is 5. The average molecular weight is 353 g/mol. The number of anilines is 1. The van der Waals surface area contributed by atoms with E-state index in [4.69, 9.17) is 9.15 Å². The summed E-state index contributed by atoms with van der Waals surface area (Å²) in [6.45, 7) is 0.384. The normalized spacial score (nSPS) is 17.1. The predicted octanol–water partition coefficient (Wildman–Crippen LogP) is 2.62. The van der Waals surface area contributed by atoms with Crippen LogP contribution in [0.4, 0.5) is 5.69 Å². The molecule has 4 rings (SSSR count). The highest BCUT2D eigenvalue weighted by atomic mass is 16.5. The van der Waals surface area contributed by atoms with E-state index in [9.17, 15) is 9.90 Å². The number of carbonyl (C=O) groups is 1. The van der Waals surface area contributed by atoms with Gasteiger partial charge in [0.25, 0.3) is 0 Å². The number of ether oxygens (including phenoxy) is 1. The van der Waals surface area contributed by atoms with Crippen molar-refractivity contribution in [3.8, 4) is 17.3 Å². The molecular formula is C19H19N3O4. The number of furan rings is 1. The second-order valence-corrected chi connectivity index (χ2v) is 6.15. The zero-order valence-corrected chi connectivity index (χ0v) is 14.3. The van der Waals surface area contributed by atoms with Crippen molar-refractivity contribution in [1.82, 2.24) is 9.55 Å². The Morgan fingerprint density at radius 2 is 2.23 bits per heavy atom. The fraction of sp³-hybridized carbons (Fsp3) is 0.263. The van der Waals surface area contributed by atoms with Crippen molar-refractivity contribution in [3.05, 3.63) is 54.6 Å². The van der Waals surface area contributed by atoms with Gasteiger partial charge in [-0.1, -0.05) is 6.07 Å². The third-order valence-electron chi connectivity index (χ3n) is 4.57. The van der Waals surface area contributed by atoms with Gasteiger partial charge in [-0.05, 0) is 24.3 Å². The number of nitrogens with zero attached hydrogens (tertiary/aromatic N) is 3. The number of methoxy groups -OCH3 is 1. The number of rotatable bonds is 5. The summed E-state index contributed by atoms with van der Waals surface area (Å²) in [6.07, 6.45) is 3.92. The summed E-state index contributed by atoms with van der Waals surface area (Å²) < 4.78 is 12.8. The first kappa shape index (κ1) is 16.4. The Labute approximate surface area is 150 Å². The lowest BCUT2D eigenvalue weighted by molar-refractivity contribution is -0.117. The summed E-state index contributed by atoms with van der Waals surface area (Å²) in [7, 11) is 1.61. The third kappa shape index (κ3) is 2.86. The van der Waals surface area contributed by atoms with Gasteiger partial charge in [-0.2, -0.15) is 0 Å². The molecule has 7 nitrogen and oxygen atoms in total. The van der Waals surface area contributed by atoms with Crippen molar-refractivity contribution in [3.63, 3.8) is 0 Å². The number of imidazole rings is 1. The Bertz CT molecular complexity index is 930. The molecule has 1 aliphatic heterocycles. The van der Waals surface area contributed by atoms with E-state index in [1.54, 1.807) is 30.3 Å². The topological polar surface area (TPSA) is 80.7 Å². The molecule has 26 heavy (non-hydrogen) atoms. The molecule has 1 saturated heterocycles. The molecule has 0 unspecified atom stereocenters. The van der Waals surface area contributed by atoms with Crippen LogP contribution in [0, 0.1) is 0 Å². The Kier molecular flexibility index (Phi) is 4.22. The maximum atomic E-state index is 12.6. The van der Waals surface area contributed by atoms with Gasteiger partial charge in [0, 0.05) is 37.1 Å². The number of carbonyl (C=O) groups excluding carboxylic acids is 1. The first-order chi connectivity index (χ1) is 12.7. The van der Waals surface area contributed by atoms with E-state index < -0.39 is 0 Å². The second-order valence-electron chi connectivity index (χ2n) is 6.15. The molecule has 1 aliphatic rings. The molecular weight excluding hydrogens is 334 g/mol. The predicted molar refractivity (Wildman–Crippen MR) is 94.9 cm³/mol. The number of aliphatic hydroxyl groups excluding tert-OH is 1. The zero-order chi connectivity index (χ0) is 18.1. The van der Waals surface area contributed by atoms with Crippen LogP contribution in [0.1, 0.15) is 18.2 Å².